The number of carbonyl (C=O) groups is 2. The van der Waals surface area contributed by atoms with Gasteiger partial charge in [0.1, 0.15) is 0 Å². The molecule has 3 rings (SSSR count). The number of benzene rings is 1. The van der Waals surface area contributed by atoms with Crippen LogP contribution < -0.4 is 5.32 Å². The first-order valence-corrected chi connectivity index (χ1v) is 9.28. The van der Waals surface area contributed by atoms with Crippen molar-refractivity contribution in [2.45, 2.75) is 46.1 Å². The molecule has 0 bridgehead atoms. The van der Waals surface area contributed by atoms with E-state index in [2.05, 4.69) is 24.1 Å². The molecule has 0 unspecified atom stereocenters. The summed E-state index contributed by atoms with van der Waals surface area (Å²) in [6.07, 6.45) is 3.31. The van der Waals surface area contributed by atoms with Gasteiger partial charge in [0.25, 0.3) is 5.91 Å². The fourth-order valence-corrected chi connectivity index (χ4v) is 3.72. The number of para-hydroxylation sites is 1. The maximum atomic E-state index is 12.5. The number of amides is 1. The molecule has 0 spiro atoms. The van der Waals surface area contributed by atoms with Crippen molar-refractivity contribution in [3.05, 3.63) is 41.6 Å². The third-order valence-electron chi connectivity index (χ3n) is 5.45. The lowest BCUT2D eigenvalue weighted by Crippen LogP contribution is -2.45. The summed E-state index contributed by atoms with van der Waals surface area (Å²) in [5, 5.41) is 3.76. The van der Waals surface area contributed by atoms with Crippen molar-refractivity contribution in [1.82, 2.24) is 10.3 Å². The predicted octanol–water partition coefficient (Wildman–Crippen LogP) is 3.64. The topological polar surface area (TPSA) is 68.3 Å². The number of aromatic nitrogens is 1. The lowest BCUT2D eigenvalue weighted by molar-refractivity contribution is -0.125. The number of ether oxygens (including phenoxy) is 1. The third-order valence-corrected chi connectivity index (χ3v) is 5.45. The van der Waals surface area contributed by atoms with Crippen LogP contribution in [0, 0.1) is 18.8 Å². The van der Waals surface area contributed by atoms with E-state index >= 15 is 0 Å². The largest absolute Gasteiger partial charge is 0.452 e. The number of rotatable bonds is 4. The Morgan fingerprint density at radius 3 is 2.81 bits per heavy atom. The first-order valence-electron chi connectivity index (χ1n) is 9.28. The summed E-state index contributed by atoms with van der Waals surface area (Å²) in [5.74, 6) is 0.309. The number of carbonyl (C=O) groups excluding carboxylic acids is 2. The van der Waals surface area contributed by atoms with Gasteiger partial charge in [0, 0.05) is 17.1 Å². The lowest BCUT2D eigenvalue weighted by atomic mass is 9.78. The van der Waals surface area contributed by atoms with E-state index in [4.69, 9.17) is 4.74 Å². The van der Waals surface area contributed by atoms with Crippen LogP contribution in [-0.4, -0.2) is 29.5 Å². The molecule has 0 aliphatic heterocycles. The second kappa shape index (κ2) is 7.85. The number of fused-ring (bicyclic) bond motifs is 1. The van der Waals surface area contributed by atoms with Crippen molar-refractivity contribution in [3.63, 3.8) is 0 Å². The molecule has 1 aliphatic carbocycles. The van der Waals surface area contributed by atoms with Crippen LogP contribution in [0.15, 0.2) is 30.3 Å². The fraction of sp³-hybridized carbons (Fsp3) is 0.476. The molecule has 1 N–H and O–H groups in total. The minimum absolute atomic E-state index is 0.161. The van der Waals surface area contributed by atoms with Crippen molar-refractivity contribution >= 4 is 22.8 Å². The molecular formula is C21H26N2O3. The maximum absolute atomic E-state index is 12.5. The lowest BCUT2D eigenvalue weighted by Gasteiger charge is -2.34. The number of esters is 1. The van der Waals surface area contributed by atoms with Crippen LogP contribution >= 0.6 is 0 Å². The van der Waals surface area contributed by atoms with Crippen LogP contribution in [0.4, 0.5) is 0 Å². The van der Waals surface area contributed by atoms with Crippen molar-refractivity contribution in [3.8, 4) is 0 Å². The number of hydrogen-bond acceptors (Lipinski definition) is 4. The first kappa shape index (κ1) is 18.4. The van der Waals surface area contributed by atoms with Crippen LogP contribution in [0.25, 0.3) is 10.9 Å². The van der Waals surface area contributed by atoms with Crippen LogP contribution in [0.2, 0.25) is 0 Å². The average Bonchev–Trinajstić information content (AvgIpc) is 2.62. The first-order chi connectivity index (χ1) is 12.5. The molecule has 26 heavy (non-hydrogen) atoms. The summed E-state index contributed by atoms with van der Waals surface area (Å²) < 4.78 is 5.28. The van der Waals surface area contributed by atoms with E-state index in [1.54, 1.807) is 6.07 Å². The molecule has 1 aliphatic rings. The molecule has 0 radical (unpaired) electrons. The van der Waals surface area contributed by atoms with Gasteiger partial charge >= 0.3 is 5.97 Å². The highest BCUT2D eigenvalue weighted by atomic mass is 16.5. The van der Waals surface area contributed by atoms with Crippen molar-refractivity contribution in [1.29, 1.82) is 0 Å². The molecule has 3 atom stereocenters. The summed E-state index contributed by atoms with van der Waals surface area (Å²) in [4.78, 5) is 29.1. The monoisotopic (exact) mass is 354 g/mol. The van der Waals surface area contributed by atoms with Gasteiger partial charge in [-0.3, -0.25) is 9.78 Å². The van der Waals surface area contributed by atoms with Gasteiger partial charge in [-0.1, -0.05) is 44.9 Å². The zero-order chi connectivity index (χ0) is 18.7. The second-order valence-corrected chi connectivity index (χ2v) is 7.35. The van der Waals surface area contributed by atoms with Gasteiger partial charge in [-0.2, -0.15) is 0 Å². The Hall–Kier alpha value is -2.43. The van der Waals surface area contributed by atoms with Gasteiger partial charge in [0.2, 0.25) is 0 Å². The highest BCUT2D eigenvalue weighted by Gasteiger charge is 2.28. The normalized spacial score (nSPS) is 22.8. The van der Waals surface area contributed by atoms with Gasteiger partial charge in [0.05, 0.1) is 11.1 Å². The van der Waals surface area contributed by atoms with Crippen molar-refractivity contribution < 1.29 is 14.3 Å². The van der Waals surface area contributed by atoms with E-state index in [9.17, 15) is 9.59 Å². The van der Waals surface area contributed by atoms with E-state index in [-0.39, 0.29) is 18.6 Å². The van der Waals surface area contributed by atoms with E-state index in [0.29, 0.717) is 17.4 Å². The Morgan fingerprint density at radius 2 is 2.00 bits per heavy atom. The van der Waals surface area contributed by atoms with Gasteiger partial charge in [-0.05, 0) is 37.3 Å². The zero-order valence-corrected chi connectivity index (χ0v) is 15.6. The molecule has 1 aromatic heterocycles. The summed E-state index contributed by atoms with van der Waals surface area (Å²) in [7, 11) is 0. The third kappa shape index (κ3) is 4.03. The Balaban J connectivity index is 1.63. The van der Waals surface area contributed by atoms with E-state index in [0.717, 1.165) is 29.4 Å². The Labute approximate surface area is 154 Å². The van der Waals surface area contributed by atoms with Crippen LogP contribution in [0.1, 0.15) is 49.2 Å². The molecule has 5 heteroatoms. The molecule has 1 aromatic carbocycles. The summed E-state index contributed by atoms with van der Waals surface area (Å²) in [6, 6.07) is 9.29. The van der Waals surface area contributed by atoms with E-state index in [1.807, 2.05) is 31.2 Å². The minimum atomic E-state index is -0.494. The molecule has 1 amide bonds. The SMILES string of the molecule is Cc1cc(C(=O)OCC(=O)N[C@@H]2CCC[C@H](C)[C@@H]2C)c2ccccc2n1. The fourth-order valence-electron chi connectivity index (χ4n) is 3.72. The number of aryl methyl sites for hydroxylation is 1. The number of hydrogen-bond donors (Lipinski definition) is 1. The Morgan fingerprint density at radius 1 is 1.23 bits per heavy atom. The smallest absolute Gasteiger partial charge is 0.339 e. The molecular weight excluding hydrogens is 328 g/mol. The van der Waals surface area contributed by atoms with E-state index in [1.165, 1.54) is 6.42 Å². The molecule has 2 aromatic rings. The molecule has 1 saturated carbocycles. The summed E-state index contributed by atoms with van der Waals surface area (Å²) in [6.45, 7) is 5.97. The molecule has 0 saturated heterocycles. The Kier molecular flexibility index (Phi) is 5.55. The second-order valence-electron chi connectivity index (χ2n) is 7.35. The van der Waals surface area contributed by atoms with Gasteiger partial charge in [-0.15, -0.1) is 0 Å². The van der Waals surface area contributed by atoms with Crippen molar-refractivity contribution in [2.75, 3.05) is 6.61 Å². The van der Waals surface area contributed by atoms with Crippen LogP contribution in [-0.2, 0) is 9.53 Å². The standard InChI is InChI=1S/C21H26N2O3/c1-13-7-6-10-18(15(13)3)23-20(24)12-26-21(25)17-11-14(2)22-19-9-5-4-8-16(17)19/h4-5,8-9,11,13,15,18H,6-7,10,12H2,1-3H3,(H,23,24)/t13-,15-,18+/m0/s1. The Bertz CT molecular complexity index is 818. The maximum Gasteiger partial charge on any atom is 0.339 e. The highest BCUT2D eigenvalue weighted by Crippen LogP contribution is 2.29. The van der Waals surface area contributed by atoms with E-state index < -0.39 is 5.97 Å². The van der Waals surface area contributed by atoms with Crippen molar-refractivity contribution in [2.24, 2.45) is 11.8 Å². The average molecular weight is 354 g/mol. The van der Waals surface area contributed by atoms with Crippen LogP contribution in [0.5, 0.6) is 0 Å². The highest BCUT2D eigenvalue weighted by molar-refractivity contribution is 6.04. The summed E-state index contributed by atoms with van der Waals surface area (Å²) in [5.41, 5.74) is 1.93. The summed E-state index contributed by atoms with van der Waals surface area (Å²) >= 11 is 0. The predicted molar refractivity (Wildman–Crippen MR) is 101 cm³/mol. The molecule has 1 fully saturated rings. The number of nitrogens with zero attached hydrogens (tertiary/aromatic N) is 1. The number of pyridine rings is 1. The van der Waals surface area contributed by atoms with Crippen LogP contribution in [0.3, 0.4) is 0 Å². The molecule has 5 nitrogen and oxygen atoms in total. The minimum Gasteiger partial charge on any atom is -0.452 e. The van der Waals surface area contributed by atoms with Gasteiger partial charge in [-0.25, -0.2) is 4.79 Å². The number of nitrogens with one attached hydrogen (secondary N) is 1. The molecule has 1 heterocycles. The molecule has 138 valence electrons. The van der Waals surface area contributed by atoms with Gasteiger partial charge in [0.15, 0.2) is 6.61 Å². The quantitative estimate of drug-likeness (QED) is 0.851. The zero-order valence-electron chi connectivity index (χ0n) is 15.6. The van der Waals surface area contributed by atoms with Gasteiger partial charge < -0.3 is 10.1 Å².